The SMILES string of the molecule is Cn1c(C2CCCN(C(=O)c3nnc4ccccc4n3)C2)nc2ccccc21. The Labute approximate surface area is 162 Å². The van der Waals surface area contributed by atoms with E-state index in [1.807, 2.05) is 54.4 Å². The summed E-state index contributed by atoms with van der Waals surface area (Å²) in [5.41, 5.74) is 3.48. The number of benzene rings is 2. The lowest BCUT2D eigenvalue weighted by Crippen LogP contribution is -2.40. The van der Waals surface area contributed by atoms with Crippen molar-refractivity contribution >= 4 is 28.0 Å². The summed E-state index contributed by atoms with van der Waals surface area (Å²) in [6.45, 7) is 1.32. The molecule has 1 amide bonds. The normalized spacial score (nSPS) is 17.3. The number of para-hydroxylation sites is 3. The number of rotatable bonds is 2. The van der Waals surface area contributed by atoms with E-state index < -0.39 is 0 Å². The second kappa shape index (κ2) is 6.67. The molecule has 0 aliphatic carbocycles. The predicted octanol–water partition coefficient (Wildman–Crippen LogP) is 2.93. The number of hydrogen-bond acceptors (Lipinski definition) is 5. The molecule has 0 bridgehead atoms. The van der Waals surface area contributed by atoms with Crippen LogP contribution in [-0.2, 0) is 7.05 Å². The summed E-state index contributed by atoms with van der Waals surface area (Å²) < 4.78 is 2.14. The van der Waals surface area contributed by atoms with Gasteiger partial charge >= 0.3 is 0 Å². The molecular weight excluding hydrogens is 352 g/mol. The van der Waals surface area contributed by atoms with Crippen LogP contribution in [0.1, 0.15) is 35.2 Å². The summed E-state index contributed by atoms with van der Waals surface area (Å²) in [7, 11) is 2.04. The summed E-state index contributed by atoms with van der Waals surface area (Å²) in [6, 6.07) is 15.6. The molecule has 3 heterocycles. The van der Waals surface area contributed by atoms with Crippen LogP contribution in [0.5, 0.6) is 0 Å². The number of piperidine rings is 1. The lowest BCUT2D eigenvalue weighted by Gasteiger charge is -2.31. The van der Waals surface area contributed by atoms with Crippen molar-refractivity contribution in [3.8, 4) is 0 Å². The largest absolute Gasteiger partial charge is 0.335 e. The van der Waals surface area contributed by atoms with E-state index in [1.54, 1.807) is 0 Å². The number of nitrogens with zero attached hydrogens (tertiary/aromatic N) is 6. The molecule has 1 atom stereocenters. The minimum absolute atomic E-state index is 0.157. The van der Waals surface area contributed by atoms with Crippen LogP contribution in [0.3, 0.4) is 0 Å². The van der Waals surface area contributed by atoms with Gasteiger partial charge in [-0.25, -0.2) is 9.97 Å². The Morgan fingerprint density at radius 2 is 1.71 bits per heavy atom. The van der Waals surface area contributed by atoms with E-state index in [1.165, 1.54) is 0 Å². The molecule has 2 aromatic heterocycles. The maximum atomic E-state index is 13.0. The van der Waals surface area contributed by atoms with Gasteiger partial charge in [-0.15, -0.1) is 10.2 Å². The Kier molecular flexibility index (Phi) is 4.00. The van der Waals surface area contributed by atoms with Gasteiger partial charge in [-0.1, -0.05) is 24.3 Å². The Bertz CT molecular complexity index is 1180. The molecule has 2 aromatic carbocycles. The fraction of sp³-hybridized carbons (Fsp3) is 0.286. The van der Waals surface area contributed by atoms with Crippen molar-refractivity contribution < 1.29 is 4.79 Å². The van der Waals surface area contributed by atoms with Crippen LogP contribution in [0, 0.1) is 0 Å². The van der Waals surface area contributed by atoms with E-state index in [4.69, 9.17) is 4.98 Å². The first-order valence-electron chi connectivity index (χ1n) is 9.51. The highest BCUT2D eigenvalue weighted by molar-refractivity contribution is 5.92. The van der Waals surface area contributed by atoms with Crippen molar-refractivity contribution in [1.82, 2.24) is 29.6 Å². The number of likely N-dealkylation sites (tertiary alicyclic amines) is 1. The maximum Gasteiger partial charge on any atom is 0.293 e. The van der Waals surface area contributed by atoms with E-state index in [-0.39, 0.29) is 17.6 Å². The van der Waals surface area contributed by atoms with Gasteiger partial charge in [0.2, 0.25) is 5.82 Å². The molecule has 4 aromatic rings. The summed E-state index contributed by atoms with van der Waals surface area (Å²) in [5.74, 6) is 1.21. The number of imidazole rings is 1. The highest BCUT2D eigenvalue weighted by Crippen LogP contribution is 2.29. The quantitative estimate of drug-likeness (QED) is 0.541. The zero-order chi connectivity index (χ0) is 19.1. The molecule has 140 valence electrons. The van der Waals surface area contributed by atoms with Crippen LogP contribution in [0.25, 0.3) is 22.1 Å². The van der Waals surface area contributed by atoms with Gasteiger partial charge in [0.25, 0.3) is 5.91 Å². The second-order valence-corrected chi connectivity index (χ2v) is 7.23. The average Bonchev–Trinajstić information content (AvgIpc) is 3.10. The molecule has 1 unspecified atom stereocenters. The number of carbonyl (C=O) groups is 1. The Hall–Kier alpha value is -3.35. The summed E-state index contributed by atoms with van der Waals surface area (Å²) in [4.78, 5) is 24.1. The van der Waals surface area contributed by atoms with Gasteiger partial charge in [0.15, 0.2) is 0 Å². The molecule has 0 N–H and O–H groups in total. The van der Waals surface area contributed by atoms with Crippen LogP contribution in [0.2, 0.25) is 0 Å². The minimum Gasteiger partial charge on any atom is -0.335 e. The predicted molar refractivity (Wildman–Crippen MR) is 106 cm³/mol. The summed E-state index contributed by atoms with van der Waals surface area (Å²) >= 11 is 0. The van der Waals surface area contributed by atoms with E-state index in [2.05, 4.69) is 25.8 Å². The molecule has 0 spiro atoms. The third-order valence-electron chi connectivity index (χ3n) is 5.45. The third-order valence-corrected chi connectivity index (χ3v) is 5.45. The molecule has 0 saturated carbocycles. The van der Waals surface area contributed by atoms with E-state index in [9.17, 15) is 4.79 Å². The zero-order valence-corrected chi connectivity index (χ0v) is 15.6. The van der Waals surface area contributed by atoms with Crippen LogP contribution < -0.4 is 0 Å². The number of amides is 1. The van der Waals surface area contributed by atoms with Gasteiger partial charge in [-0.05, 0) is 37.1 Å². The summed E-state index contributed by atoms with van der Waals surface area (Å²) in [6.07, 6.45) is 1.94. The lowest BCUT2D eigenvalue weighted by molar-refractivity contribution is 0.0690. The van der Waals surface area contributed by atoms with E-state index in [0.29, 0.717) is 24.1 Å². The van der Waals surface area contributed by atoms with Gasteiger partial charge in [0, 0.05) is 26.1 Å². The highest BCUT2D eigenvalue weighted by Gasteiger charge is 2.29. The lowest BCUT2D eigenvalue weighted by atomic mass is 9.97. The van der Waals surface area contributed by atoms with Crippen LogP contribution in [0.15, 0.2) is 48.5 Å². The Balaban J connectivity index is 1.42. The van der Waals surface area contributed by atoms with Gasteiger partial charge in [0.1, 0.15) is 11.3 Å². The standard InChI is InChI=1S/C21H20N6O/c1-26-18-11-5-4-10-17(18)23-20(26)14-7-6-12-27(13-14)21(28)19-22-15-8-2-3-9-16(15)24-25-19/h2-5,8-11,14H,6-7,12-13H2,1H3. The molecule has 5 rings (SSSR count). The molecule has 7 nitrogen and oxygen atoms in total. The van der Waals surface area contributed by atoms with Crippen molar-refractivity contribution in [1.29, 1.82) is 0 Å². The topological polar surface area (TPSA) is 76.8 Å². The zero-order valence-electron chi connectivity index (χ0n) is 15.6. The first kappa shape index (κ1) is 16.8. The van der Waals surface area contributed by atoms with Crippen LogP contribution in [0.4, 0.5) is 0 Å². The Morgan fingerprint density at radius 1 is 0.964 bits per heavy atom. The van der Waals surface area contributed by atoms with Crippen molar-refractivity contribution in [2.24, 2.45) is 7.05 Å². The van der Waals surface area contributed by atoms with Gasteiger partial charge < -0.3 is 9.47 Å². The molecule has 1 aliphatic rings. The summed E-state index contributed by atoms with van der Waals surface area (Å²) in [5, 5.41) is 8.20. The van der Waals surface area contributed by atoms with E-state index in [0.717, 1.165) is 29.7 Å². The molecule has 1 saturated heterocycles. The number of aromatic nitrogens is 5. The van der Waals surface area contributed by atoms with Crippen molar-refractivity contribution in [2.75, 3.05) is 13.1 Å². The number of hydrogen-bond donors (Lipinski definition) is 0. The molecule has 0 radical (unpaired) electrons. The first-order valence-corrected chi connectivity index (χ1v) is 9.51. The molecular formula is C21H20N6O. The van der Waals surface area contributed by atoms with Gasteiger partial charge in [-0.2, -0.15) is 0 Å². The van der Waals surface area contributed by atoms with E-state index >= 15 is 0 Å². The first-order chi connectivity index (χ1) is 13.7. The van der Waals surface area contributed by atoms with Crippen molar-refractivity contribution in [3.63, 3.8) is 0 Å². The molecule has 7 heteroatoms. The maximum absolute atomic E-state index is 13.0. The number of carbonyl (C=O) groups excluding carboxylic acids is 1. The van der Waals surface area contributed by atoms with Gasteiger partial charge in [0.05, 0.1) is 16.6 Å². The van der Waals surface area contributed by atoms with Gasteiger partial charge in [-0.3, -0.25) is 4.79 Å². The smallest absolute Gasteiger partial charge is 0.293 e. The Morgan fingerprint density at radius 3 is 2.54 bits per heavy atom. The third kappa shape index (κ3) is 2.79. The minimum atomic E-state index is -0.165. The monoisotopic (exact) mass is 372 g/mol. The van der Waals surface area contributed by atoms with Crippen LogP contribution >= 0.6 is 0 Å². The number of fused-ring (bicyclic) bond motifs is 2. The fourth-order valence-corrected chi connectivity index (χ4v) is 4.01. The molecule has 28 heavy (non-hydrogen) atoms. The fourth-order valence-electron chi connectivity index (χ4n) is 4.01. The second-order valence-electron chi connectivity index (χ2n) is 7.23. The molecule has 1 fully saturated rings. The number of aryl methyl sites for hydroxylation is 1. The van der Waals surface area contributed by atoms with Crippen molar-refractivity contribution in [3.05, 3.63) is 60.2 Å². The molecule has 1 aliphatic heterocycles. The van der Waals surface area contributed by atoms with Crippen molar-refractivity contribution in [2.45, 2.75) is 18.8 Å². The average molecular weight is 372 g/mol. The van der Waals surface area contributed by atoms with Crippen LogP contribution in [-0.4, -0.2) is 48.6 Å². The highest BCUT2D eigenvalue weighted by atomic mass is 16.2.